The van der Waals surface area contributed by atoms with E-state index in [1.807, 2.05) is 6.20 Å². The average Bonchev–Trinajstić information content (AvgIpc) is 3.29. The molecule has 2 rings (SSSR count). The molecular weight excluding hydrogens is 260 g/mol. The third-order valence-corrected chi connectivity index (χ3v) is 3.63. The van der Waals surface area contributed by atoms with Crippen molar-refractivity contribution in [1.29, 1.82) is 0 Å². The Labute approximate surface area is 128 Å². The topological polar surface area (TPSA) is 41.1 Å². The van der Waals surface area contributed by atoms with E-state index in [0.29, 0.717) is 18.5 Å². The van der Waals surface area contributed by atoms with Crippen LogP contribution in [0, 0.1) is 12.3 Å². The van der Waals surface area contributed by atoms with Gasteiger partial charge in [0.2, 0.25) is 0 Å². The van der Waals surface area contributed by atoms with Crippen LogP contribution in [0.3, 0.4) is 0 Å². The van der Waals surface area contributed by atoms with Crippen molar-refractivity contribution in [3.63, 3.8) is 0 Å². The van der Waals surface area contributed by atoms with E-state index in [9.17, 15) is 0 Å². The summed E-state index contributed by atoms with van der Waals surface area (Å²) in [6.45, 7) is 8.75. The second-order valence-electron chi connectivity index (χ2n) is 6.00. The standard InChI is InChI=1S/C17H26N4/c1-5-9-21(10-6-2)16-12-19-17(13(3)4)20-15(16)11-18-14-7-8-14/h1,12-14,18H,6-11H2,2-4H3. The molecule has 1 N–H and O–H groups in total. The highest BCUT2D eigenvalue weighted by molar-refractivity contribution is 5.50. The first-order valence-electron chi connectivity index (χ1n) is 7.93. The fourth-order valence-electron chi connectivity index (χ4n) is 2.29. The number of hydrogen-bond donors (Lipinski definition) is 1. The predicted molar refractivity (Wildman–Crippen MR) is 87.3 cm³/mol. The first-order valence-corrected chi connectivity index (χ1v) is 7.93. The Kier molecular flexibility index (Phi) is 5.58. The van der Waals surface area contributed by atoms with Gasteiger partial charge in [-0.3, -0.25) is 0 Å². The van der Waals surface area contributed by atoms with Crippen LogP contribution in [0.15, 0.2) is 6.20 Å². The minimum atomic E-state index is 0.339. The van der Waals surface area contributed by atoms with Crippen molar-refractivity contribution in [2.45, 2.75) is 58.5 Å². The van der Waals surface area contributed by atoms with Gasteiger partial charge < -0.3 is 10.2 Å². The van der Waals surface area contributed by atoms with E-state index in [1.54, 1.807) is 0 Å². The molecule has 0 aromatic carbocycles. The zero-order valence-corrected chi connectivity index (χ0v) is 13.4. The van der Waals surface area contributed by atoms with Crippen molar-refractivity contribution in [3.8, 4) is 12.3 Å². The summed E-state index contributed by atoms with van der Waals surface area (Å²) in [4.78, 5) is 11.5. The van der Waals surface area contributed by atoms with E-state index >= 15 is 0 Å². The predicted octanol–water partition coefficient (Wildman–Crippen LogP) is 2.70. The minimum absolute atomic E-state index is 0.339. The van der Waals surface area contributed by atoms with Gasteiger partial charge in [0.05, 0.1) is 24.1 Å². The second-order valence-corrected chi connectivity index (χ2v) is 6.00. The Morgan fingerprint density at radius 3 is 2.81 bits per heavy atom. The maximum absolute atomic E-state index is 5.51. The lowest BCUT2D eigenvalue weighted by Crippen LogP contribution is -2.28. The molecule has 1 saturated carbocycles. The van der Waals surface area contributed by atoms with Crippen LogP contribution >= 0.6 is 0 Å². The highest BCUT2D eigenvalue weighted by atomic mass is 15.2. The smallest absolute Gasteiger partial charge is 0.131 e. The summed E-state index contributed by atoms with van der Waals surface area (Å²) in [6, 6.07) is 0.669. The molecule has 0 spiro atoms. The van der Waals surface area contributed by atoms with Crippen LogP contribution in [-0.4, -0.2) is 29.1 Å². The summed E-state index contributed by atoms with van der Waals surface area (Å²) in [6.07, 6.45) is 11.1. The quantitative estimate of drug-likeness (QED) is 0.746. The summed E-state index contributed by atoms with van der Waals surface area (Å²) in [5.41, 5.74) is 2.15. The minimum Gasteiger partial charge on any atom is -0.358 e. The molecule has 0 saturated heterocycles. The van der Waals surface area contributed by atoms with Gasteiger partial charge in [-0.2, -0.15) is 0 Å². The Morgan fingerprint density at radius 2 is 2.24 bits per heavy atom. The molecule has 21 heavy (non-hydrogen) atoms. The van der Waals surface area contributed by atoms with Crippen LogP contribution in [0.5, 0.6) is 0 Å². The van der Waals surface area contributed by atoms with Crippen LogP contribution in [0.4, 0.5) is 5.69 Å². The van der Waals surface area contributed by atoms with Crippen molar-refractivity contribution >= 4 is 5.69 Å². The lowest BCUT2D eigenvalue weighted by molar-refractivity contribution is 0.654. The van der Waals surface area contributed by atoms with Gasteiger partial charge in [-0.1, -0.05) is 26.7 Å². The van der Waals surface area contributed by atoms with Crippen LogP contribution < -0.4 is 10.2 Å². The number of terminal acetylenes is 1. The summed E-state index contributed by atoms with van der Waals surface area (Å²) in [5, 5.41) is 3.55. The SMILES string of the molecule is C#CCN(CCC)c1cnc(C(C)C)nc1CNC1CC1. The van der Waals surface area contributed by atoms with Gasteiger partial charge in [0.25, 0.3) is 0 Å². The molecule has 0 radical (unpaired) electrons. The Bertz CT molecular complexity index is 500. The van der Waals surface area contributed by atoms with Crippen LogP contribution in [-0.2, 0) is 6.54 Å². The Balaban J connectivity index is 2.24. The summed E-state index contributed by atoms with van der Waals surface area (Å²) in [7, 11) is 0. The molecule has 1 fully saturated rings. The number of nitrogens with zero attached hydrogens (tertiary/aromatic N) is 3. The third kappa shape index (κ3) is 4.44. The lowest BCUT2D eigenvalue weighted by atomic mass is 10.2. The van der Waals surface area contributed by atoms with Gasteiger partial charge in [0.1, 0.15) is 5.82 Å². The molecule has 114 valence electrons. The van der Waals surface area contributed by atoms with E-state index in [-0.39, 0.29) is 0 Å². The maximum Gasteiger partial charge on any atom is 0.131 e. The van der Waals surface area contributed by atoms with E-state index in [4.69, 9.17) is 11.4 Å². The van der Waals surface area contributed by atoms with Crippen molar-refractivity contribution in [2.75, 3.05) is 18.0 Å². The number of hydrogen-bond acceptors (Lipinski definition) is 4. The van der Waals surface area contributed by atoms with Crippen molar-refractivity contribution in [1.82, 2.24) is 15.3 Å². The highest BCUT2D eigenvalue weighted by Crippen LogP contribution is 2.23. The van der Waals surface area contributed by atoms with Crippen molar-refractivity contribution < 1.29 is 0 Å². The molecule has 1 aromatic heterocycles. The van der Waals surface area contributed by atoms with Crippen LogP contribution in [0.25, 0.3) is 0 Å². The van der Waals surface area contributed by atoms with E-state index in [0.717, 1.165) is 36.7 Å². The molecule has 0 amide bonds. The second kappa shape index (κ2) is 7.42. The van der Waals surface area contributed by atoms with Gasteiger partial charge in [0, 0.05) is 25.0 Å². The largest absolute Gasteiger partial charge is 0.358 e. The van der Waals surface area contributed by atoms with Gasteiger partial charge in [0.15, 0.2) is 0 Å². The van der Waals surface area contributed by atoms with Crippen LogP contribution in [0.1, 0.15) is 57.5 Å². The van der Waals surface area contributed by atoms with E-state index in [1.165, 1.54) is 12.8 Å². The number of aromatic nitrogens is 2. The number of anilines is 1. The monoisotopic (exact) mass is 286 g/mol. The Hall–Kier alpha value is -1.60. The molecule has 1 aliphatic carbocycles. The third-order valence-electron chi connectivity index (χ3n) is 3.63. The van der Waals surface area contributed by atoms with Gasteiger partial charge >= 0.3 is 0 Å². The molecule has 0 aliphatic heterocycles. The first-order chi connectivity index (χ1) is 10.2. The fraction of sp³-hybridized carbons (Fsp3) is 0.647. The molecule has 4 heteroatoms. The summed E-state index contributed by atoms with van der Waals surface area (Å²) >= 11 is 0. The number of nitrogens with one attached hydrogen (secondary N) is 1. The summed E-state index contributed by atoms with van der Waals surface area (Å²) < 4.78 is 0. The summed E-state index contributed by atoms with van der Waals surface area (Å²) in [5.74, 6) is 3.99. The van der Waals surface area contributed by atoms with Crippen LogP contribution in [0.2, 0.25) is 0 Å². The molecular formula is C17H26N4. The molecule has 1 aliphatic rings. The highest BCUT2D eigenvalue weighted by Gasteiger charge is 2.22. The van der Waals surface area contributed by atoms with Crippen molar-refractivity contribution in [2.24, 2.45) is 0 Å². The van der Waals surface area contributed by atoms with E-state index in [2.05, 4.69) is 41.9 Å². The number of rotatable bonds is 8. The molecule has 1 heterocycles. The normalized spacial score (nSPS) is 14.2. The Morgan fingerprint density at radius 1 is 1.48 bits per heavy atom. The zero-order valence-electron chi connectivity index (χ0n) is 13.4. The molecule has 0 unspecified atom stereocenters. The zero-order chi connectivity index (χ0) is 15.2. The average molecular weight is 286 g/mol. The fourth-order valence-corrected chi connectivity index (χ4v) is 2.29. The first kappa shape index (κ1) is 15.8. The van der Waals surface area contributed by atoms with Gasteiger partial charge in [-0.15, -0.1) is 6.42 Å². The van der Waals surface area contributed by atoms with Gasteiger partial charge in [-0.25, -0.2) is 9.97 Å². The van der Waals surface area contributed by atoms with E-state index < -0.39 is 0 Å². The molecule has 1 aromatic rings. The lowest BCUT2D eigenvalue weighted by Gasteiger charge is -2.24. The van der Waals surface area contributed by atoms with Gasteiger partial charge in [-0.05, 0) is 19.3 Å². The molecule has 4 nitrogen and oxygen atoms in total. The molecule has 0 atom stereocenters. The maximum atomic E-state index is 5.51. The molecule has 0 bridgehead atoms. The van der Waals surface area contributed by atoms with Crippen molar-refractivity contribution in [3.05, 3.63) is 17.7 Å².